The molecule has 0 fully saturated rings. The smallest absolute Gasteiger partial charge is 0.307 e. The fourth-order valence-electron chi connectivity index (χ4n) is 2.43. The first-order chi connectivity index (χ1) is 8.95. The zero-order valence-electron chi connectivity index (χ0n) is 11.3. The molecule has 6 nitrogen and oxygen atoms in total. The monoisotopic (exact) mass is 263 g/mol. The highest BCUT2D eigenvalue weighted by atomic mass is 16.4. The van der Waals surface area contributed by atoms with Crippen molar-refractivity contribution in [2.24, 2.45) is 0 Å². The molecule has 0 aliphatic rings. The van der Waals surface area contributed by atoms with Crippen LogP contribution in [0, 0.1) is 20.8 Å². The van der Waals surface area contributed by atoms with Crippen LogP contribution in [0.3, 0.4) is 0 Å². The van der Waals surface area contributed by atoms with E-state index in [-0.39, 0.29) is 13.0 Å². The molecule has 2 heterocycles. The normalized spacial score (nSPS) is 11.2. The van der Waals surface area contributed by atoms with E-state index < -0.39 is 5.97 Å². The number of aliphatic hydroxyl groups is 1. The van der Waals surface area contributed by atoms with Crippen LogP contribution in [0.25, 0.3) is 11.0 Å². The zero-order chi connectivity index (χ0) is 14.2. The maximum Gasteiger partial charge on any atom is 0.307 e. The minimum Gasteiger partial charge on any atom is -0.481 e. The number of rotatable bonds is 4. The highest BCUT2D eigenvalue weighted by Gasteiger charge is 2.17. The predicted octanol–water partition coefficient (Wildman–Crippen LogP) is 0.976. The van der Waals surface area contributed by atoms with Gasteiger partial charge in [0, 0.05) is 11.1 Å². The summed E-state index contributed by atoms with van der Waals surface area (Å²) in [6.07, 6.45) is -0.0365. The van der Waals surface area contributed by atoms with Crippen molar-refractivity contribution in [1.82, 2.24) is 14.8 Å². The SMILES string of the molecule is Cc1nc2c(c(C)nn2CCO)c(C)c1CC(=O)O. The molecule has 2 rings (SSSR count). The Labute approximate surface area is 110 Å². The summed E-state index contributed by atoms with van der Waals surface area (Å²) in [4.78, 5) is 15.4. The van der Waals surface area contributed by atoms with E-state index >= 15 is 0 Å². The molecule has 19 heavy (non-hydrogen) atoms. The van der Waals surface area contributed by atoms with Crippen LogP contribution in [-0.2, 0) is 17.8 Å². The van der Waals surface area contributed by atoms with Crippen LogP contribution in [0.2, 0.25) is 0 Å². The molecule has 2 aromatic rings. The number of aryl methyl sites for hydroxylation is 3. The summed E-state index contributed by atoms with van der Waals surface area (Å²) in [6, 6.07) is 0. The number of hydrogen-bond acceptors (Lipinski definition) is 4. The van der Waals surface area contributed by atoms with E-state index in [4.69, 9.17) is 10.2 Å². The van der Waals surface area contributed by atoms with Crippen LogP contribution in [0.15, 0.2) is 0 Å². The van der Waals surface area contributed by atoms with Crippen LogP contribution in [0.1, 0.15) is 22.5 Å². The van der Waals surface area contributed by atoms with Gasteiger partial charge in [0.1, 0.15) is 0 Å². The molecule has 0 spiro atoms. The maximum absolute atomic E-state index is 10.9. The Balaban J connectivity index is 2.70. The van der Waals surface area contributed by atoms with Gasteiger partial charge in [0.05, 0.1) is 25.3 Å². The molecule has 2 N–H and O–H groups in total. The van der Waals surface area contributed by atoms with Crippen LogP contribution in [0.4, 0.5) is 0 Å². The lowest BCUT2D eigenvalue weighted by Crippen LogP contribution is -2.08. The van der Waals surface area contributed by atoms with Crippen LogP contribution in [-0.4, -0.2) is 37.6 Å². The standard InChI is InChI=1S/C13H17N3O3/c1-7-10(6-11(18)19)8(2)14-13-12(7)9(3)15-16(13)4-5-17/h17H,4-6H2,1-3H3,(H,18,19). The molecule has 0 radical (unpaired) electrons. The molecule has 0 amide bonds. The molecule has 6 heteroatoms. The van der Waals surface area contributed by atoms with Gasteiger partial charge >= 0.3 is 5.97 Å². The third-order valence-corrected chi connectivity index (χ3v) is 3.28. The highest BCUT2D eigenvalue weighted by molar-refractivity contribution is 5.85. The first kappa shape index (κ1) is 13.5. The number of hydrogen-bond donors (Lipinski definition) is 2. The van der Waals surface area contributed by atoms with E-state index in [9.17, 15) is 4.79 Å². The minimum atomic E-state index is -0.868. The van der Waals surface area contributed by atoms with Gasteiger partial charge in [-0.2, -0.15) is 5.10 Å². The summed E-state index contributed by atoms with van der Waals surface area (Å²) < 4.78 is 1.66. The molecule has 0 aromatic carbocycles. The van der Waals surface area contributed by atoms with Gasteiger partial charge in [-0.25, -0.2) is 9.67 Å². The summed E-state index contributed by atoms with van der Waals surface area (Å²) >= 11 is 0. The Morgan fingerprint density at radius 2 is 1.95 bits per heavy atom. The van der Waals surface area contributed by atoms with Gasteiger partial charge in [-0.1, -0.05) is 0 Å². The van der Waals surface area contributed by atoms with Crippen molar-refractivity contribution in [3.63, 3.8) is 0 Å². The van der Waals surface area contributed by atoms with Gasteiger partial charge < -0.3 is 10.2 Å². The first-order valence-corrected chi connectivity index (χ1v) is 6.11. The van der Waals surface area contributed by atoms with Crippen molar-refractivity contribution in [3.05, 3.63) is 22.5 Å². The number of carboxylic acids is 1. The second-order valence-corrected chi connectivity index (χ2v) is 4.60. The molecule has 0 aliphatic carbocycles. The molecule has 0 saturated carbocycles. The van der Waals surface area contributed by atoms with E-state index in [0.717, 1.165) is 22.2 Å². The fraction of sp³-hybridized carbons (Fsp3) is 0.462. The zero-order valence-corrected chi connectivity index (χ0v) is 11.3. The van der Waals surface area contributed by atoms with Gasteiger partial charge in [0.2, 0.25) is 0 Å². The topological polar surface area (TPSA) is 88.2 Å². The van der Waals surface area contributed by atoms with Crippen molar-refractivity contribution >= 4 is 17.0 Å². The number of aliphatic carboxylic acids is 1. The number of fused-ring (bicyclic) bond motifs is 1. The van der Waals surface area contributed by atoms with Crippen LogP contribution < -0.4 is 0 Å². The molecule has 0 unspecified atom stereocenters. The Morgan fingerprint density at radius 3 is 2.53 bits per heavy atom. The number of carbonyl (C=O) groups is 1. The summed E-state index contributed by atoms with van der Waals surface area (Å²) in [5.74, 6) is -0.868. The Kier molecular flexibility index (Phi) is 3.53. The number of aromatic nitrogens is 3. The number of pyridine rings is 1. The van der Waals surface area contributed by atoms with E-state index in [1.807, 2.05) is 13.8 Å². The minimum absolute atomic E-state index is 0.00707. The van der Waals surface area contributed by atoms with Gasteiger partial charge in [-0.15, -0.1) is 0 Å². The van der Waals surface area contributed by atoms with E-state index in [0.29, 0.717) is 17.9 Å². The van der Waals surface area contributed by atoms with E-state index in [1.165, 1.54) is 0 Å². The molecular weight excluding hydrogens is 246 g/mol. The van der Waals surface area contributed by atoms with Gasteiger partial charge in [0.25, 0.3) is 0 Å². The van der Waals surface area contributed by atoms with Crippen molar-refractivity contribution in [2.75, 3.05) is 6.61 Å². The lowest BCUT2D eigenvalue weighted by atomic mass is 10.0. The summed E-state index contributed by atoms with van der Waals surface area (Å²) in [7, 11) is 0. The number of carboxylic acid groups (broad SMARTS) is 1. The fourth-order valence-corrected chi connectivity index (χ4v) is 2.43. The molecule has 0 saturated heterocycles. The Morgan fingerprint density at radius 1 is 1.26 bits per heavy atom. The summed E-state index contributed by atoms with van der Waals surface area (Å²) in [5.41, 5.74) is 3.86. The van der Waals surface area contributed by atoms with Crippen molar-refractivity contribution in [2.45, 2.75) is 33.7 Å². The number of aliphatic hydroxyl groups excluding tert-OH is 1. The lowest BCUT2D eigenvalue weighted by Gasteiger charge is -2.09. The van der Waals surface area contributed by atoms with E-state index in [2.05, 4.69) is 10.1 Å². The average molecular weight is 263 g/mol. The van der Waals surface area contributed by atoms with Gasteiger partial charge in [0.15, 0.2) is 5.65 Å². The quantitative estimate of drug-likeness (QED) is 0.858. The largest absolute Gasteiger partial charge is 0.481 e. The number of nitrogens with zero attached hydrogens (tertiary/aromatic N) is 3. The van der Waals surface area contributed by atoms with Crippen molar-refractivity contribution in [3.8, 4) is 0 Å². The summed E-state index contributed by atoms with van der Waals surface area (Å²) in [5, 5.41) is 23.2. The summed E-state index contributed by atoms with van der Waals surface area (Å²) in [6.45, 7) is 5.94. The molecule has 2 aromatic heterocycles. The van der Waals surface area contributed by atoms with Gasteiger partial charge in [-0.3, -0.25) is 4.79 Å². The third-order valence-electron chi connectivity index (χ3n) is 3.28. The average Bonchev–Trinajstić information content (AvgIpc) is 2.61. The third kappa shape index (κ3) is 2.31. The van der Waals surface area contributed by atoms with Crippen LogP contribution in [0.5, 0.6) is 0 Å². The Hall–Kier alpha value is -1.95. The van der Waals surface area contributed by atoms with Gasteiger partial charge in [-0.05, 0) is 31.9 Å². The van der Waals surface area contributed by atoms with Crippen molar-refractivity contribution in [1.29, 1.82) is 0 Å². The molecule has 0 aliphatic heterocycles. The second kappa shape index (κ2) is 4.97. The highest BCUT2D eigenvalue weighted by Crippen LogP contribution is 2.25. The molecular formula is C13H17N3O3. The predicted molar refractivity (Wildman–Crippen MR) is 70.2 cm³/mol. The molecule has 102 valence electrons. The van der Waals surface area contributed by atoms with Crippen LogP contribution >= 0.6 is 0 Å². The first-order valence-electron chi connectivity index (χ1n) is 6.11. The second-order valence-electron chi connectivity index (χ2n) is 4.60. The van der Waals surface area contributed by atoms with Crippen molar-refractivity contribution < 1.29 is 15.0 Å². The molecule has 0 atom stereocenters. The lowest BCUT2D eigenvalue weighted by molar-refractivity contribution is -0.136. The van der Waals surface area contributed by atoms with E-state index in [1.54, 1.807) is 11.6 Å². The maximum atomic E-state index is 10.9. The Bertz CT molecular complexity index is 646. The molecule has 0 bridgehead atoms.